The summed E-state index contributed by atoms with van der Waals surface area (Å²) in [4.78, 5) is 32.4. The number of allylic oxidation sites excluding steroid dienone is 1. The SMILES string of the molecule is CCOC(=O)C1=C(C)N=c2s/c(=C/c3cccc(OCc4ccccc4Cl)c3)c(=O)n2[C@@H]1c1ccc(OC)c(OCC)c1. The number of ether oxygens (including phenoxy) is 4. The molecular formula is C33H31ClN2O6S. The number of aromatic nitrogens is 1. The van der Waals surface area contributed by atoms with Crippen LogP contribution in [0.4, 0.5) is 0 Å². The fourth-order valence-electron chi connectivity index (χ4n) is 4.86. The van der Waals surface area contributed by atoms with Crippen LogP contribution in [-0.4, -0.2) is 30.9 Å². The van der Waals surface area contributed by atoms with E-state index in [0.717, 1.165) is 11.1 Å². The van der Waals surface area contributed by atoms with Gasteiger partial charge in [-0.15, -0.1) is 0 Å². The van der Waals surface area contributed by atoms with Crippen molar-refractivity contribution in [2.24, 2.45) is 4.99 Å². The Morgan fingerprint density at radius 3 is 2.58 bits per heavy atom. The van der Waals surface area contributed by atoms with Crippen LogP contribution in [0.25, 0.3) is 6.08 Å². The highest BCUT2D eigenvalue weighted by Crippen LogP contribution is 2.36. The molecule has 10 heteroatoms. The molecule has 0 amide bonds. The quantitative estimate of drug-likeness (QED) is 0.220. The first-order valence-corrected chi connectivity index (χ1v) is 15.0. The first-order valence-electron chi connectivity index (χ1n) is 13.8. The summed E-state index contributed by atoms with van der Waals surface area (Å²) >= 11 is 7.53. The van der Waals surface area contributed by atoms with Crippen LogP contribution >= 0.6 is 22.9 Å². The van der Waals surface area contributed by atoms with Crippen LogP contribution in [0, 0.1) is 0 Å². The molecular weight excluding hydrogens is 588 g/mol. The van der Waals surface area contributed by atoms with Gasteiger partial charge in [-0.05, 0) is 68.3 Å². The highest BCUT2D eigenvalue weighted by atomic mass is 35.5. The molecule has 0 radical (unpaired) electrons. The molecule has 2 heterocycles. The van der Waals surface area contributed by atoms with Crippen LogP contribution in [0.3, 0.4) is 0 Å². The van der Waals surface area contributed by atoms with E-state index in [4.69, 9.17) is 30.5 Å². The van der Waals surface area contributed by atoms with Gasteiger partial charge in [0, 0.05) is 10.6 Å². The fourth-order valence-corrected chi connectivity index (χ4v) is 6.10. The van der Waals surface area contributed by atoms with E-state index in [1.807, 2.05) is 61.5 Å². The van der Waals surface area contributed by atoms with E-state index in [1.54, 1.807) is 43.7 Å². The molecule has 0 fully saturated rings. The first-order chi connectivity index (χ1) is 20.8. The molecule has 1 aliphatic heterocycles. The third kappa shape index (κ3) is 6.38. The van der Waals surface area contributed by atoms with Gasteiger partial charge >= 0.3 is 5.97 Å². The molecule has 0 spiro atoms. The van der Waals surface area contributed by atoms with Gasteiger partial charge in [0.2, 0.25) is 0 Å². The maximum absolute atomic E-state index is 14.0. The maximum atomic E-state index is 14.0. The van der Waals surface area contributed by atoms with E-state index in [0.29, 0.717) is 61.7 Å². The molecule has 222 valence electrons. The van der Waals surface area contributed by atoms with Crippen molar-refractivity contribution in [3.05, 3.63) is 119 Å². The Kier molecular flexibility index (Phi) is 9.33. The molecule has 1 aliphatic rings. The number of methoxy groups -OCH3 is 1. The average Bonchev–Trinajstić information content (AvgIpc) is 3.30. The summed E-state index contributed by atoms with van der Waals surface area (Å²) in [5.41, 5.74) is 2.83. The minimum absolute atomic E-state index is 0.189. The lowest BCUT2D eigenvalue weighted by molar-refractivity contribution is -0.139. The van der Waals surface area contributed by atoms with Crippen LogP contribution in [0.1, 0.15) is 43.5 Å². The van der Waals surface area contributed by atoms with Crippen molar-refractivity contribution in [1.82, 2.24) is 4.57 Å². The molecule has 0 bridgehead atoms. The highest BCUT2D eigenvalue weighted by Gasteiger charge is 2.34. The number of thiazole rings is 1. The first kappa shape index (κ1) is 30.1. The fraction of sp³-hybridized carbons (Fsp3) is 0.242. The molecule has 1 atom stereocenters. The minimum atomic E-state index is -0.771. The third-order valence-corrected chi connectivity index (χ3v) is 8.18. The topological polar surface area (TPSA) is 88.4 Å². The van der Waals surface area contributed by atoms with Crippen molar-refractivity contribution in [2.75, 3.05) is 20.3 Å². The largest absolute Gasteiger partial charge is 0.493 e. The summed E-state index contributed by atoms with van der Waals surface area (Å²) in [6.45, 7) is 6.29. The standard InChI is InChI=1S/C33H31ClN2O6S/c1-5-40-27-18-22(14-15-26(27)39-4)30-29(32(38)41-6-2)20(3)35-33-36(30)31(37)28(43-33)17-21-10-9-12-24(16-21)42-19-23-11-7-8-13-25(23)34/h7-18,30H,5-6,19H2,1-4H3/b28-17+/t30-/m1/s1. The van der Waals surface area contributed by atoms with Crippen molar-refractivity contribution in [2.45, 2.75) is 33.4 Å². The Morgan fingerprint density at radius 2 is 1.84 bits per heavy atom. The van der Waals surface area contributed by atoms with Gasteiger partial charge in [0.05, 0.1) is 42.2 Å². The second kappa shape index (κ2) is 13.3. The van der Waals surface area contributed by atoms with Crippen molar-refractivity contribution in [3.8, 4) is 17.2 Å². The Bertz CT molecular complexity index is 1880. The number of hydrogen-bond acceptors (Lipinski definition) is 8. The monoisotopic (exact) mass is 618 g/mol. The summed E-state index contributed by atoms with van der Waals surface area (Å²) in [6.07, 6.45) is 1.80. The van der Waals surface area contributed by atoms with Crippen molar-refractivity contribution in [3.63, 3.8) is 0 Å². The van der Waals surface area contributed by atoms with Gasteiger partial charge < -0.3 is 18.9 Å². The second-order valence-electron chi connectivity index (χ2n) is 9.60. The molecule has 43 heavy (non-hydrogen) atoms. The zero-order valence-corrected chi connectivity index (χ0v) is 25.8. The maximum Gasteiger partial charge on any atom is 0.338 e. The molecule has 0 N–H and O–H groups in total. The van der Waals surface area contributed by atoms with Gasteiger partial charge in [-0.2, -0.15) is 0 Å². The van der Waals surface area contributed by atoms with Gasteiger partial charge in [-0.1, -0.05) is 59.3 Å². The summed E-state index contributed by atoms with van der Waals surface area (Å²) in [5.74, 6) is 1.17. The van der Waals surface area contributed by atoms with E-state index < -0.39 is 12.0 Å². The van der Waals surface area contributed by atoms with Crippen LogP contribution in [0.2, 0.25) is 5.02 Å². The van der Waals surface area contributed by atoms with E-state index in [-0.39, 0.29) is 12.2 Å². The number of halogens is 1. The molecule has 0 unspecified atom stereocenters. The third-order valence-electron chi connectivity index (χ3n) is 6.83. The number of esters is 1. The molecule has 0 aliphatic carbocycles. The van der Waals surface area contributed by atoms with Crippen LogP contribution < -0.4 is 29.1 Å². The lowest BCUT2D eigenvalue weighted by Gasteiger charge is -2.25. The van der Waals surface area contributed by atoms with Crippen molar-refractivity contribution in [1.29, 1.82) is 0 Å². The Morgan fingerprint density at radius 1 is 1.02 bits per heavy atom. The number of benzene rings is 3. The zero-order chi connectivity index (χ0) is 30.5. The molecule has 0 saturated carbocycles. The predicted octanol–water partition coefficient (Wildman–Crippen LogP) is 5.44. The van der Waals surface area contributed by atoms with Crippen LogP contribution in [-0.2, 0) is 16.1 Å². The Balaban J connectivity index is 1.58. The summed E-state index contributed by atoms with van der Waals surface area (Å²) in [7, 11) is 1.56. The molecule has 5 rings (SSSR count). The normalized spacial score (nSPS) is 14.6. The number of carbonyl (C=O) groups excluding carboxylic acids is 1. The lowest BCUT2D eigenvalue weighted by atomic mass is 9.95. The smallest absolute Gasteiger partial charge is 0.338 e. The summed E-state index contributed by atoms with van der Waals surface area (Å²) in [6, 6.07) is 19.6. The van der Waals surface area contributed by atoms with Crippen LogP contribution in [0.5, 0.6) is 17.2 Å². The van der Waals surface area contributed by atoms with Crippen molar-refractivity contribution < 1.29 is 23.7 Å². The van der Waals surface area contributed by atoms with E-state index in [9.17, 15) is 9.59 Å². The summed E-state index contributed by atoms with van der Waals surface area (Å²) < 4.78 is 24.7. The molecule has 4 aromatic rings. The van der Waals surface area contributed by atoms with E-state index >= 15 is 0 Å². The van der Waals surface area contributed by atoms with Gasteiger partial charge in [-0.25, -0.2) is 9.79 Å². The predicted molar refractivity (Wildman–Crippen MR) is 167 cm³/mol. The Hall–Kier alpha value is -4.34. The lowest BCUT2D eigenvalue weighted by Crippen LogP contribution is -2.40. The number of rotatable bonds is 10. The van der Waals surface area contributed by atoms with E-state index in [1.165, 1.54) is 11.3 Å². The number of nitrogens with zero attached hydrogens (tertiary/aromatic N) is 2. The van der Waals surface area contributed by atoms with Gasteiger partial charge in [0.1, 0.15) is 12.4 Å². The summed E-state index contributed by atoms with van der Waals surface area (Å²) in [5, 5.41) is 0.636. The van der Waals surface area contributed by atoms with Gasteiger partial charge in [0.15, 0.2) is 16.3 Å². The van der Waals surface area contributed by atoms with Crippen molar-refractivity contribution >= 4 is 35.0 Å². The zero-order valence-electron chi connectivity index (χ0n) is 24.3. The minimum Gasteiger partial charge on any atom is -0.493 e. The second-order valence-corrected chi connectivity index (χ2v) is 11.0. The number of hydrogen-bond donors (Lipinski definition) is 0. The Labute approximate surface area is 258 Å². The van der Waals surface area contributed by atoms with Crippen LogP contribution in [0.15, 0.2) is 87.8 Å². The highest BCUT2D eigenvalue weighted by molar-refractivity contribution is 7.07. The number of fused-ring (bicyclic) bond motifs is 1. The molecule has 8 nitrogen and oxygen atoms in total. The van der Waals surface area contributed by atoms with Gasteiger partial charge in [0.25, 0.3) is 5.56 Å². The molecule has 1 aromatic heterocycles. The molecule has 0 saturated heterocycles. The van der Waals surface area contributed by atoms with E-state index in [2.05, 4.69) is 4.99 Å². The van der Waals surface area contributed by atoms with Gasteiger partial charge in [-0.3, -0.25) is 9.36 Å². The number of carbonyl (C=O) groups is 1. The average molecular weight is 619 g/mol. The molecule has 3 aromatic carbocycles.